The third-order valence-electron chi connectivity index (χ3n) is 4.52. The highest BCUT2D eigenvalue weighted by molar-refractivity contribution is 6.31. The van der Waals surface area contributed by atoms with Gasteiger partial charge < -0.3 is 5.32 Å². The van der Waals surface area contributed by atoms with E-state index in [9.17, 15) is 4.79 Å². The Hall–Kier alpha value is -1.62. The summed E-state index contributed by atoms with van der Waals surface area (Å²) in [4.78, 5) is 18.9. The van der Waals surface area contributed by atoms with Gasteiger partial charge in [0.25, 0.3) is 0 Å². The van der Waals surface area contributed by atoms with E-state index in [0.717, 1.165) is 34.9 Å². The molecule has 4 nitrogen and oxygen atoms in total. The van der Waals surface area contributed by atoms with Crippen LogP contribution in [0, 0.1) is 6.92 Å². The van der Waals surface area contributed by atoms with Crippen molar-refractivity contribution >= 4 is 29.1 Å². The molecular formula is C20H25Cl2N3O. The number of aromatic nitrogens is 1. The van der Waals surface area contributed by atoms with Gasteiger partial charge in [0.05, 0.1) is 12.5 Å². The average molecular weight is 394 g/mol. The van der Waals surface area contributed by atoms with E-state index in [1.165, 1.54) is 0 Å². The smallest absolute Gasteiger partial charge is 0.224 e. The molecule has 0 spiro atoms. The first-order valence-corrected chi connectivity index (χ1v) is 9.59. The van der Waals surface area contributed by atoms with Gasteiger partial charge in [0.1, 0.15) is 5.15 Å². The maximum Gasteiger partial charge on any atom is 0.224 e. The molecule has 0 saturated carbocycles. The van der Waals surface area contributed by atoms with Crippen molar-refractivity contribution in [3.05, 3.63) is 63.4 Å². The fourth-order valence-electron chi connectivity index (χ4n) is 3.04. The number of benzene rings is 1. The van der Waals surface area contributed by atoms with E-state index in [4.69, 9.17) is 23.2 Å². The average Bonchev–Trinajstić information content (AvgIpc) is 2.62. The van der Waals surface area contributed by atoms with Gasteiger partial charge in [-0.2, -0.15) is 0 Å². The number of hydrogen-bond donors (Lipinski definition) is 1. The van der Waals surface area contributed by atoms with Crippen molar-refractivity contribution in [1.82, 2.24) is 15.2 Å². The Bertz CT molecular complexity index is 748. The first kappa shape index (κ1) is 20.7. The van der Waals surface area contributed by atoms with E-state index in [1.54, 1.807) is 6.07 Å². The molecule has 1 heterocycles. The van der Waals surface area contributed by atoms with Gasteiger partial charge in [-0.15, -0.1) is 0 Å². The second-order valence-electron chi connectivity index (χ2n) is 6.12. The fourth-order valence-corrected chi connectivity index (χ4v) is 3.49. The van der Waals surface area contributed by atoms with E-state index in [-0.39, 0.29) is 18.4 Å². The predicted molar refractivity (Wildman–Crippen MR) is 108 cm³/mol. The van der Waals surface area contributed by atoms with Gasteiger partial charge in [-0.25, -0.2) is 4.98 Å². The van der Waals surface area contributed by atoms with Crippen LogP contribution in [-0.4, -0.2) is 35.4 Å². The number of aryl methyl sites for hydroxylation is 1. The molecule has 0 aliphatic carbocycles. The van der Waals surface area contributed by atoms with Crippen molar-refractivity contribution in [3.8, 4) is 0 Å². The van der Waals surface area contributed by atoms with E-state index in [2.05, 4.69) is 29.0 Å². The molecule has 1 unspecified atom stereocenters. The number of amides is 1. The van der Waals surface area contributed by atoms with Crippen LogP contribution in [0.4, 0.5) is 0 Å². The third-order valence-corrected chi connectivity index (χ3v) is 5.08. The molecule has 6 heteroatoms. The summed E-state index contributed by atoms with van der Waals surface area (Å²) in [6.07, 6.45) is 0.281. The molecule has 2 rings (SSSR count). The van der Waals surface area contributed by atoms with Crippen molar-refractivity contribution in [2.24, 2.45) is 0 Å². The van der Waals surface area contributed by atoms with Gasteiger partial charge in [0, 0.05) is 17.3 Å². The van der Waals surface area contributed by atoms with Crippen molar-refractivity contribution in [1.29, 1.82) is 0 Å². The second-order valence-corrected chi connectivity index (χ2v) is 6.91. The largest absolute Gasteiger partial charge is 0.354 e. The summed E-state index contributed by atoms with van der Waals surface area (Å²) in [6, 6.07) is 11.4. The normalized spacial score (nSPS) is 12.2. The van der Waals surface area contributed by atoms with Crippen LogP contribution in [0.25, 0.3) is 0 Å². The van der Waals surface area contributed by atoms with Gasteiger partial charge in [-0.3, -0.25) is 9.69 Å². The van der Waals surface area contributed by atoms with E-state index in [0.29, 0.717) is 11.7 Å². The van der Waals surface area contributed by atoms with Crippen molar-refractivity contribution in [2.45, 2.75) is 33.2 Å². The van der Waals surface area contributed by atoms with Gasteiger partial charge in [-0.05, 0) is 43.3 Å². The lowest BCUT2D eigenvalue weighted by atomic mass is 10.0. The van der Waals surface area contributed by atoms with Crippen LogP contribution < -0.4 is 5.32 Å². The zero-order valence-electron chi connectivity index (χ0n) is 15.4. The molecule has 1 amide bonds. The third kappa shape index (κ3) is 5.44. The first-order valence-electron chi connectivity index (χ1n) is 8.83. The number of pyridine rings is 1. The molecule has 0 fully saturated rings. The minimum absolute atomic E-state index is 0.0343. The molecule has 1 aromatic heterocycles. The SMILES string of the molecule is CCN(CC)C(CNC(=O)Cc1ccc(Cl)nc1C)c1ccccc1Cl. The standard InChI is InChI=1S/C20H25Cl2N3O/c1-4-25(5-2)18(16-8-6-7-9-17(16)21)13-23-20(26)12-15-10-11-19(22)24-14(15)3/h6-11,18H,4-5,12-13H2,1-3H3,(H,23,26). The minimum atomic E-state index is -0.0403. The van der Waals surface area contributed by atoms with Gasteiger partial charge >= 0.3 is 0 Å². The molecular weight excluding hydrogens is 369 g/mol. The maximum absolute atomic E-state index is 12.4. The minimum Gasteiger partial charge on any atom is -0.354 e. The Labute approximate surface area is 165 Å². The van der Waals surface area contributed by atoms with Crippen LogP contribution in [0.2, 0.25) is 10.2 Å². The molecule has 0 radical (unpaired) electrons. The van der Waals surface area contributed by atoms with Crippen LogP contribution in [0.5, 0.6) is 0 Å². The highest BCUT2D eigenvalue weighted by atomic mass is 35.5. The van der Waals surface area contributed by atoms with E-state index >= 15 is 0 Å². The van der Waals surface area contributed by atoms with Crippen molar-refractivity contribution in [3.63, 3.8) is 0 Å². The quantitative estimate of drug-likeness (QED) is 0.674. The summed E-state index contributed by atoms with van der Waals surface area (Å²) in [5.41, 5.74) is 2.69. The molecule has 0 aliphatic rings. The Balaban J connectivity index is 2.09. The molecule has 26 heavy (non-hydrogen) atoms. The lowest BCUT2D eigenvalue weighted by Crippen LogP contribution is -2.38. The number of rotatable bonds is 8. The Morgan fingerprint density at radius 3 is 2.46 bits per heavy atom. The first-order chi connectivity index (χ1) is 12.5. The number of hydrogen-bond acceptors (Lipinski definition) is 3. The lowest BCUT2D eigenvalue weighted by Gasteiger charge is -2.31. The van der Waals surface area contributed by atoms with Gasteiger partial charge in [0.2, 0.25) is 5.91 Å². The number of halogens is 2. The second kappa shape index (κ2) is 9.91. The molecule has 2 aromatic rings. The number of nitrogens with one attached hydrogen (secondary N) is 1. The highest BCUT2D eigenvalue weighted by Gasteiger charge is 2.21. The summed E-state index contributed by atoms with van der Waals surface area (Å²) in [5, 5.41) is 4.20. The number of likely N-dealkylation sites (N-methyl/N-ethyl adjacent to an activating group) is 1. The van der Waals surface area contributed by atoms with Crippen molar-refractivity contribution in [2.75, 3.05) is 19.6 Å². The summed E-state index contributed by atoms with van der Waals surface area (Å²) in [7, 11) is 0. The molecule has 1 atom stereocenters. The Morgan fingerprint density at radius 1 is 1.15 bits per heavy atom. The van der Waals surface area contributed by atoms with E-state index < -0.39 is 0 Å². The van der Waals surface area contributed by atoms with Gasteiger partial charge in [0.15, 0.2) is 0 Å². The molecule has 0 bridgehead atoms. The van der Waals surface area contributed by atoms with Gasteiger partial charge in [-0.1, -0.05) is 61.3 Å². The molecule has 0 saturated heterocycles. The monoisotopic (exact) mass is 393 g/mol. The summed E-state index contributed by atoms with van der Waals surface area (Å²) < 4.78 is 0. The summed E-state index contributed by atoms with van der Waals surface area (Å²) in [5.74, 6) is -0.0403. The zero-order valence-corrected chi connectivity index (χ0v) is 16.9. The molecule has 140 valence electrons. The van der Waals surface area contributed by atoms with Crippen molar-refractivity contribution < 1.29 is 4.79 Å². The van der Waals surface area contributed by atoms with Crippen LogP contribution >= 0.6 is 23.2 Å². The topological polar surface area (TPSA) is 45.2 Å². The fraction of sp³-hybridized carbons (Fsp3) is 0.400. The zero-order chi connectivity index (χ0) is 19.1. The van der Waals surface area contributed by atoms with Crippen LogP contribution in [-0.2, 0) is 11.2 Å². The van der Waals surface area contributed by atoms with Crippen LogP contribution in [0.3, 0.4) is 0 Å². The summed E-state index contributed by atoms with van der Waals surface area (Å²) >= 11 is 12.3. The number of carbonyl (C=O) groups excluding carboxylic acids is 1. The molecule has 1 aromatic carbocycles. The predicted octanol–water partition coefficient (Wildman–Crippen LogP) is 4.44. The van der Waals surface area contributed by atoms with Crippen LogP contribution in [0.1, 0.15) is 36.7 Å². The summed E-state index contributed by atoms with van der Waals surface area (Å²) in [6.45, 7) is 8.34. The molecule has 1 N–H and O–H groups in total. The highest BCUT2D eigenvalue weighted by Crippen LogP contribution is 2.27. The van der Waals surface area contributed by atoms with E-state index in [1.807, 2.05) is 37.3 Å². The maximum atomic E-state index is 12.4. The molecule has 0 aliphatic heterocycles. The number of carbonyl (C=O) groups is 1. The Kier molecular flexibility index (Phi) is 7.88. The lowest BCUT2D eigenvalue weighted by molar-refractivity contribution is -0.120. The number of nitrogens with zero attached hydrogens (tertiary/aromatic N) is 2. The van der Waals surface area contributed by atoms with Crippen LogP contribution in [0.15, 0.2) is 36.4 Å². The Morgan fingerprint density at radius 2 is 1.85 bits per heavy atom.